The van der Waals surface area contributed by atoms with E-state index in [1.165, 1.54) is 5.56 Å². The summed E-state index contributed by atoms with van der Waals surface area (Å²) in [5.74, 6) is 0. The van der Waals surface area contributed by atoms with Gasteiger partial charge in [0.1, 0.15) is 5.15 Å². The number of para-hydroxylation sites is 1. The zero-order chi connectivity index (χ0) is 12.3. The van der Waals surface area contributed by atoms with Gasteiger partial charge in [-0.05, 0) is 30.2 Å². The second-order valence-corrected chi connectivity index (χ2v) is 4.32. The summed E-state index contributed by atoms with van der Waals surface area (Å²) in [5.41, 5.74) is 3.07. The van der Waals surface area contributed by atoms with E-state index in [9.17, 15) is 0 Å². The summed E-state index contributed by atoms with van der Waals surface area (Å²) in [5, 5.41) is 3.82. The maximum atomic E-state index is 5.96. The molecule has 5 heteroatoms. The molecule has 0 spiro atoms. The van der Waals surface area contributed by atoms with Crippen molar-refractivity contribution >= 4 is 28.9 Å². The summed E-state index contributed by atoms with van der Waals surface area (Å²) < 4.78 is 0. The lowest BCUT2D eigenvalue weighted by molar-refractivity contribution is 1.05. The third-order valence-corrected chi connectivity index (χ3v) is 2.91. The standard InChI is InChI=1S/C12H11Cl2N3/c1-8-4-2-3-5-10(8)15-6-9-7-16-12(14)17-11(9)13/h2-5,7,15H,6H2,1H3. The molecule has 88 valence electrons. The van der Waals surface area contributed by atoms with Crippen LogP contribution in [0.1, 0.15) is 11.1 Å². The Labute approximate surface area is 110 Å². The first-order valence-electron chi connectivity index (χ1n) is 5.13. The van der Waals surface area contributed by atoms with Crippen LogP contribution in [-0.2, 0) is 6.54 Å². The van der Waals surface area contributed by atoms with Gasteiger partial charge in [0.15, 0.2) is 0 Å². The largest absolute Gasteiger partial charge is 0.381 e. The van der Waals surface area contributed by atoms with Crippen LogP contribution in [0.25, 0.3) is 0 Å². The normalized spacial score (nSPS) is 10.3. The number of aromatic nitrogens is 2. The Balaban J connectivity index is 2.10. The molecule has 3 nitrogen and oxygen atoms in total. The van der Waals surface area contributed by atoms with Crippen LogP contribution in [0.4, 0.5) is 5.69 Å². The Kier molecular flexibility index (Phi) is 3.82. The van der Waals surface area contributed by atoms with Crippen molar-refractivity contribution in [2.45, 2.75) is 13.5 Å². The average Bonchev–Trinajstić information content (AvgIpc) is 2.30. The van der Waals surface area contributed by atoms with Crippen molar-refractivity contribution in [2.24, 2.45) is 0 Å². The van der Waals surface area contributed by atoms with E-state index in [2.05, 4.69) is 15.3 Å². The number of aryl methyl sites for hydroxylation is 1. The third-order valence-electron chi connectivity index (χ3n) is 2.40. The van der Waals surface area contributed by atoms with Crippen LogP contribution in [0.5, 0.6) is 0 Å². The van der Waals surface area contributed by atoms with E-state index < -0.39 is 0 Å². The Bertz CT molecular complexity index is 529. The van der Waals surface area contributed by atoms with Gasteiger partial charge >= 0.3 is 0 Å². The predicted molar refractivity (Wildman–Crippen MR) is 70.6 cm³/mol. The smallest absolute Gasteiger partial charge is 0.223 e. The van der Waals surface area contributed by atoms with Crippen molar-refractivity contribution < 1.29 is 0 Å². The van der Waals surface area contributed by atoms with Gasteiger partial charge in [0.05, 0.1) is 0 Å². The fraction of sp³-hybridized carbons (Fsp3) is 0.167. The number of nitrogens with one attached hydrogen (secondary N) is 1. The second kappa shape index (κ2) is 5.34. The predicted octanol–water partition coefficient (Wildman–Crippen LogP) is 3.70. The molecule has 17 heavy (non-hydrogen) atoms. The highest BCUT2D eigenvalue weighted by molar-refractivity contribution is 6.32. The number of hydrogen-bond acceptors (Lipinski definition) is 3. The molecule has 0 aliphatic rings. The molecule has 2 rings (SSSR count). The molecule has 1 heterocycles. The zero-order valence-corrected chi connectivity index (χ0v) is 10.8. The number of hydrogen-bond donors (Lipinski definition) is 1. The summed E-state index contributed by atoms with van der Waals surface area (Å²) >= 11 is 11.6. The van der Waals surface area contributed by atoms with Crippen LogP contribution in [0.15, 0.2) is 30.5 Å². The molecule has 1 N–H and O–H groups in total. The van der Waals surface area contributed by atoms with Gasteiger partial charge < -0.3 is 5.32 Å². The van der Waals surface area contributed by atoms with Gasteiger partial charge in [-0.3, -0.25) is 0 Å². The van der Waals surface area contributed by atoms with Gasteiger partial charge in [-0.15, -0.1) is 0 Å². The quantitative estimate of drug-likeness (QED) is 0.681. The SMILES string of the molecule is Cc1ccccc1NCc1cnc(Cl)nc1Cl. The molecule has 1 aromatic carbocycles. The second-order valence-electron chi connectivity index (χ2n) is 3.62. The Morgan fingerprint density at radius 1 is 1.24 bits per heavy atom. The molecule has 0 amide bonds. The first kappa shape index (κ1) is 12.1. The van der Waals surface area contributed by atoms with Gasteiger partial charge in [-0.1, -0.05) is 29.8 Å². The van der Waals surface area contributed by atoms with Crippen molar-refractivity contribution in [3.63, 3.8) is 0 Å². The number of nitrogens with zero attached hydrogens (tertiary/aromatic N) is 2. The van der Waals surface area contributed by atoms with Crippen LogP contribution in [0.3, 0.4) is 0 Å². The van der Waals surface area contributed by atoms with Crippen LogP contribution >= 0.6 is 23.2 Å². The number of anilines is 1. The maximum absolute atomic E-state index is 5.96. The minimum Gasteiger partial charge on any atom is -0.381 e. The first-order valence-corrected chi connectivity index (χ1v) is 5.89. The molecule has 2 aromatic rings. The van der Waals surface area contributed by atoms with Gasteiger partial charge in [-0.25, -0.2) is 9.97 Å². The summed E-state index contributed by atoms with van der Waals surface area (Å²) in [6, 6.07) is 8.04. The summed E-state index contributed by atoms with van der Waals surface area (Å²) in [4.78, 5) is 7.79. The molecule has 0 saturated heterocycles. The van der Waals surface area contributed by atoms with E-state index in [1.54, 1.807) is 6.20 Å². The minimum absolute atomic E-state index is 0.162. The maximum Gasteiger partial charge on any atom is 0.223 e. The molecule has 0 atom stereocenters. The fourth-order valence-electron chi connectivity index (χ4n) is 1.45. The van der Waals surface area contributed by atoms with E-state index in [0.29, 0.717) is 11.7 Å². The van der Waals surface area contributed by atoms with Crippen molar-refractivity contribution in [2.75, 3.05) is 5.32 Å². The van der Waals surface area contributed by atoms with E-state index in [-0.39, 0.29) is 5.28 Å². The Morgan fingerprint density at radius 3 is 2.71 bits per heavy atom. The monoisotopic (exact) mass is 267 g/mol. The van der Waals surface area contributed by atoms with E-state index in [1.807, 2.05) is 31.2 Å². The highest BCUT2D eigenvalue weighted by Crippen LogP contribution is 2.18. The molecule has 0 unspecified atom stereocenters. The highest BCUT2D eigenvalue weighted by atomic mass is 35.5. The molecule has 0 saturated carbocycles. The number of benzene rings is 1. The summed E-state index contributed by atoms with van der Waals surface area (Å²) in [7, 11) is 0. The van der Waals surface area contributed by atoms with E-state index in [0.717, 1.165) is 11.3 Å². The molecule has 0 bridgehead atoms. The summed E-state index contributed by atoms with van der Waals surface area (Å²) in [6.45, 7) is 2.61. The average molecular weight is 268 g/mol. The molecule has 0 radical (unpaired) electrons. The molecule has 0 fully saturated rings. The lowest BCUT2D eigenvalue weighted by Gasteiger charge is -2.09. The topological polar surface area (TPSA) is 37.8 Å². The van der Waals surface area contributed by atoms with E-state index >= 15 is 0 Å². The van der Waals surface area contributed by atoms with Crippen LogP contribution in [0, 0.1) is 6.92 Å². The van der Waals surface area contributed by atoms with Crippen LogP contribution in [0.2, 0.25) is 10.4 Å². The van der Waals surface area contributed by atoms with Gasteiger partial charge in [-0.2, -0.15) is 0 Å². The zero-order valence-electron chi connectivity index (χ0n) is 9.24. The Morgan fingerprint density at radius 2 is 2.00 bits per heavy atom. The van der Waals surface area contributed by atoms with Crippen molar-refractivity contribution in [1.29, 1.82) is 0 Å². The highest BCUT2D eigenvalue weighted by Gasteiger charge is 2.04. The number of rotatable bonds is 3. The van der Waals surface area contributed by atoms with E-state index in [4.69, 9.17) is 23.2 Å². The minimum atomic E-state index is 0.162. The lowest BCUT2D eigenvalue weighted by atomic mass is 10.2. The van der Waals surface area contributed by atoms with Gasteiger partial charge in [0.2, 0.25) is 5.28 Å². The molecule has 0 aliphatic carbocycles. The van der Waals surface area contributed by atoms with Gasteiger partial charge in [0, 0.05) is 24.0 Å². The van der Waals surface area contributed by atoms with Crippen LogP contribution < -0.4 is 5.32 Å². The molecular weight excluding hydrogens is 257 g/mol. The van der Waals surface area contributed by atoms with Crippen molar-refractivity contribution in [1.82, 2.24) is 9.97 Å². The lowest BCUT2D eigenvalue weighted by Crippen LogP contribution is -2.03. The molecular formula is C12H11Cl2N3. The third kappa shape index (κ3) is 3.08. The van der Waals surface area contributed by atoms with Crippen molar-refractivity contribution in [3.8, 4) is 0 Å². The number of halogens is 2. The summed E-state index contributed by atoms with van der Waals surface area (Å²) in [6.07, 6.45) is 1.63. The fourth-order valence-corrected chi connectivity index (χ4v) is 1.82. The van der Waals surface area contributed by atoms with Crippen LogP contribution in [-0.4, -0.2) is 9.97 Å². The molecule has 1 aromatic heterocycles. The first-order chi connectivity index (χ1) is 8.16. The van der Waals surface area contributed by atoms with Crippen molar-refractivity contribution in [3.05, 3.63) is 52.0 Å². The molecule has 0 aliphatic heterocycles. The Hall–Kier alpha value is -1.32. The van der Waals surface area contributed by atoms with Gasteiger partial charge in [0.25, 0.3) is 0 Å².